The summed E-state index contributed by atoms with van der Waals surface area (Å²) in [5.41, 5.74) is -2.50. The van der Waals surface area contributed by atoms with E-state index in [0.717, 1.165) is 23.9 Å². The molecule has 1 aromatic heterocycles. The molecule has 2 heterocycles. The van der Waals surface area contributed by atoms with Gasteiger partial charge in [-0.05, 0) is 60.7 Å². The lowest BCUT2D eigenvalue weighted by molar-refractivity contribution is -0.137. The van der Waals surface area contributed by atoms with Gasteiger partial charge in [-0.25, -0.2) is 4.39 Å². The summed E-state index contributed by atoms with van der Waals surface area (Å²) in [4.78, 5) is 32.3. The van der Waals surface area contributed by atoms with Crippen LogP contribution in [0.1, 0.15) is 21.5 Å². The lowest BCUT2D eigenvalue weighted by Crippen LogP contribution is -2.48. The van der Waals surface area contributed by atoms with Gasteiger partial charge in [-0.15, -0.1) is 0 Å². The third-order valence-corrected chi connectivity index (χ3v) is 7.63. The van der Waals surface area contributed by atoms with Crippen LogP contribution in [0.3, 0.4) is 0 Å². The van der Waals surface area contributed by atoms with E-state index in [4.69, 9.17) is 23.2 Å². The van der Waals surface area contributed by atoms with Crippen LogP contribution in [0.4, 0.5) is 23.2 Å². The summed E-state index contributed by atoms with van der Waals surface area (Å²) in [6.07, 6.45) is -4.72. The minimum Gasteiger partial charge on any atom is -0.506 e. The molecule has 7 nitrogen and oxygen atoms in total. The molecule has 0 bridgehead atoms. The number of phenols is 1. The van der Waals surface area contributed by atoms with Crippen LogP contribution in [0.2, 0.25) is 10.0 Å². The number of alkyl halides is 3. The van der Waals surface area contributed by atoms with E-state index in [-0.39, 0.29) is 56.9 Å². The van der Waals surface area contributed by atoms with E-state index >= 15 is 0 Å². The molecule has 1 amide bonds. The van der Waals surface area contributed by atoms with Crippen LogP contribution < -0.4 is 10.5 Å². The Morgan fingerprint density at radius 3 is 2.23 bits per heavy atom. The van der Waals surface area contributed by atoms with Gasteiger partial charge < -0.3 is 19.9 Å². The largest absolute Gasteiger partial charge is 0.506 e. The van der Waals surface area contributed by atoms with Crippen molar-refractivity contribution in [2.75, 3.05) is 31.1 Å². The topological polar surface area (TPSA) is 100 Å². The van der Waals surface area contributed by atoms with Crippen molar-refractivity contribution in [3.05, 3.63) is 104 Å². The number of benzene rings is 3. The van der Waals surface area contributed by atoms with Crippen molar-refractivity contribution in [1.29, 1.82) is 5.26 Å². The number of H-pyrrole nitrogens is 1. The Morgan fingerprint density at radius 1 is 0.930 bits per heavy atom. The predicted molar refractivity (Wildman–Crippen MR) is 154 cm³/mol. The number of nitrogens with zero attached hydrogens (tertiary/aromatic N) is 3. The van der Waals surface area contributed by atoms with Gasteiger partial charge in [0, 0.05) is 58.6 Å². The monoisotopic (exact) mass is 630 g/mol. The second-order valence-corrected chi connectivity index (χ2v) is 10.6. The van der Waals surface area contributed by atoms with Crippen molar-refractivity contribution in [2.24, 2.45) is 0 Å². The molecular formula is C30H20Cl2F4N4O3. The zero-order chi connectivity index (χ0) is 31.1. The molecule has 1 aliphatic heterocycles. The lowest BCUT2D eigenvalue weighted by atomic mass is 9.96. The SMILES string of the molecule is N#Cc1c(-c2cc(C(F)(F)F)ccc2Cl)cc(-c2cc(Cl)cc(C(=O)N3CCN(c4ccc(F)cc4)CC3)c2O)[nH]c1=O. The van der Waals surface area contributed by atoms with Gasteiger partial charge >= 0.3 is 6.18 Å². The molecule has 4 aromatic rings. The predicted octanol–water partition coefficient (Wildman–Crippen LogP) is 6.71. The first kappa shape index (κ1) is 29.9. The number of carbonyl (C=O) groups excluding carboxylic acids is 1. The highest BCUT2D eigenvalue weighted by Crippen LogP contribution is 2.40. The van der Waals surface area contributed by atoms with Crippen LogP contribution in [-0.4, -0.2) is 47.1 Å². The molecule has 2 N–H and O–H groups in total. The number of hydrogen-bond acceptors (Lipinski definition) is 5. The molecule has 0 atom stereocenters. The third kappa shape index (κ3) is 6.02. The zero-order valence-electron chi connectivity index (χ0n) is 22.0. The van der Waals surface area contributed by atoms with Gasteiger partial charge in [0.25, 0.3) is 11.5 Å². The number of phenolic OH excluding ortho intramolecular Hbond substituents is 1. The molecule has 1 fully saturated rings. The van der Waals surface area contributed by atoms with E-state index in [1.165, 1.54) is 35.2 Å². The number of nitrogens with one attached hydrogen (secondary N) is 1. The summed E-state index contributed by atoms with van der Waals surface area (Å²) in [7, 11) is 0. The summed E-state index contributed by atoms with van der Waals surface area (Å²) in [5, 5.41) is 20.7. The molecule has 1 saturated heterocycles. The van der Waals surface area contributed by atoms with E-state index in [1.54, 1.807) is 18.2 Å². The second kappa shape index (κ2) is 11.6. The number of rotatable bonds is 4. The van der Waals surface area contributed by atoms with Crippen LogP contribution in [0.5, 0.6) is 5.75 Å². The van der Waals surface area contributed by atoms with Crippen molar-refractivity contribution < 1.29 is 27.5 Å². The standard InChI is InChI=1S/C30H20Cl2F4N4O3/c31-17-12-22(26-14-20(24(15-37)28(42)38-26)21-11-16(30(34,35)36)1-6-25(21)32)27(41)23(13-17)29(43)40-9-7-39(8-10-40)19-4-2-18(33)3-5-19/h1-6,11-14,41H,7-10H2,(H,38,42). The maximum Gasteiger partial charge on any atom is 0.416 e. The Hall–Kier alpha value is -4.53. The molecule has 13 heteroatoms. The number of hydrogen-bond donors (Lipinski definition) is 2. The molecule has 0 saturated carbocycles. The quantitative estimate of drug-likeness (QED) is 0.244. The van der Waals surface area contributed by atoms with Crippen molar-refractivity contribution >= 4 is 34.8 Å². The van der Waals surface area contributed by atoms with Gasteiger partial charge in [-0.3, -0.25) is 9.59 Å². The molecule has 0 spiro atoms. The number of halogens is 6. The van der Waals surface area contributed by atoms with E-state index in [9.17, 15) is 37.5 Å². The molecule has 220 valence electrons. The first-order valence-electron chi connectivity index (χ1n) is 12.7. The Kier molecular flexibility index (Phi) is 8.10. The highest BCUT2D eigenvalue weighted by molar-refractivity contribution is 6.33. The average molecular weight is 631 g/mol. The van der Waals surface area contributed by atoms with Crippen LogP contribution in [0, 0.1) is 17.1 Å². The molecule has 0 radical (unpaired) electrons. The fourth-order valence-electron chi connectivity index (χ4n) is 4.89. The van der Waals surface area contributed by atoms with Crippen LogP contribution in [0.25, 0.3) is 22.4 Å². The van der Waals surface area contributed by atoms with Crippen molar-refractivity contribution in [2.45, 2.75) is 6.18 Å². The smallest absolute Gasteiger partial charge is 0.416 e. The van der Waals surface area contributed by atoms with Crippen LogP contribution in [0.15, 0.2) is 65.5 Å². The number of aromatic hydroxyl groups is 1. The fraction of sp³-hybridized carbons (Fsp3) is 0.167. The number of pyridine rings is 1. The van der Waals surface area contributed by atoms with E-state index < -0.39 is 34.5 Å². The first-order valence-corrected chi connectivity index (χ1v) is 13.5. The second-order valence-electron chi connectivity index (χ2n) is 9.71. The van der Waals surface area contributed by atoms with Gasteiger partial charge in [0.2, 0.25) is 0 Å². The number of piperazine rings is 1. The highest BCUT2D eigenvalue weighted by atomic mass is 35.5. The van der Waals surface area contributed by atoms with Gasteiger partial charge in [0.1, 0.15) is 23.2 Å². The lowest BCUT2D eigenvalue weighted by Gasteiger charge is -2.36. The fourth-order valence-corrected chi connectivity index (χ4v) is 5.33. The molecule has 43 heavy (non-hydrogen) atoms. The minimum absolute atomic E-state index is 0.0324. The summed E-state index contributed by atoms with van der Waals surface area (Å²) in [6, 6.07) is 13.9. The highest BCUT2D eigenvalue weighted by Gasteiger charge is 2.32. The third-order valence-electron chi connectivity index (χ3n) is 7.08. The maximum absolute atomic E-state index is 13.5. The minimum atomic E-state index is -4.72. The number of nitriles is 1. The van der Waals surface area contributed by atoms with Gasteiger partial charge in [0.15, 0.2) is 0 Å². The Morgan fingerprint density at radius 2 is 1.60 bits per heavy atom. The number of aromatic amines is 1. The summed E-state index contributed by atoms with van der Waals surface area (Å²) in [5.74, 6) is -1.44. The van der Waals surface area contributed by atoms with Crippen molar-refractivity contribution in [3.8, 4) is 34.2 Å². The molecule has 0 unspecified atom stereocenters. The Balaban J connectivity index is 1.51. The average Bonchev–Trinajstić information content (AvgIpc) is 2.97. The summed E-state index contributed by atoms with van der Waals surface area (Å²) in [6.45, 7) is 1.44. The van der Waals surface area contributed by atoms with Crippen LogP contribution >= 0.6 is 23.2 Å². The first-order chi connectivity index (χ1) is 20.4. The number of carbonyl (C=O) groups is 1. The maximum atomic E-state index is 13.5. The number of aromatic nitrogens is 1. The van der Waals surface area contributed by atoms with E-state index in [1.807, 2.05) is 4.90 Å². The Bertz CT molecular complexity index is 1830. The van der Waals surface area contributed by atoms with Crippen molar-refractivity contribution in [3.63, 3.8) is 0 Å². The molecular weight excluding hydrogens is 611 g/mol. The van der Waals surface area contributed by atoms with Gasteiger partial charge in [-0.1, -0.05) is 23.2 Å². The van der Waals surface area contributed by atoms with E-state index in [0.29, 0.717) is 13.1 Å². The zero-order valence-corrected chi connectivity index (χ0v) is 23.5. The molecule has 3 aromatic carbocycles. The normalized spacial score (nSPS) is 13.6. The van der Waals surface area contributed by atoms with Gasteiger partial charge in [0.05, 0.1) is 16.8 Å². The summed E-state index contributed by atoms with van der Waals surface area (Å²) >= 11 is 12.5. The number of anilines is 1. The molecule has 1 aliphatic rings. The number of amides is 1. The van der Waals surface area contributed by atoms with Crippen molar-refractivity contribution in [1.82, 2.24) is 9.88 Å². The Labute approximate surface area is 252 Å². The van der Waals surface area contributed by atoms with E-state index in [2.05, 4.69) is 4.98 Å². The van der Waals surface area contributed by atoms with Crippen LogP contribution in [-0.2, 0) is 6.18 Å². The summed E-state index contributed by atoms with van der Waals surface area (Å²) < 4.78 is 53.6. The van der Waals surface area contributed by atoms with Gasteiger partial charge in [-0.2, -0.15) is 18.4 Å². The molecule has 0 aliphatic carbocycles. The molecule has 5 rings (SSSR count).